The summed E-state index contributed by atoms with van der Waals surface area (Å²) >= 11 is 1.35. The van der Waals surface area contributed by atoms with Crippen molar-refractivity contribution in [3.05, 3.63) is 36.4 Å². The Balaban J connectivity index is 1.80. The minimum absolute atomic E-state index is 0.0839. The molecule has 31 heavy (non-hydrogen) atoms. The van der Waals surface area contributed by atoms with Crippen LogP contribution < -0.4 is 5.32 Å². The van der Waals surface area contributed by atoms with Gasteiger partial charge in [-0.3, -0.25) is 9.78 Å². The van der Waals surface area contributed by atoms with E-state index in [4.69, 9.17) is 4.74 Å². The summed E-state index contributed by atoms with van der Waals surface area (Å²) in [6, 6.07) is 3.99. The number of hydrogen-bond donors (Lipinski definition) is 1. The summed E-state index contributed by atoms with van der Waals surface area (Å²) < 4.78 is 7.45. The Bertz CT molecular complexity index is 835. The van der Waals surface area contributed by atoms with E-state index in [9.17, 15) is 9.59 Å². The average Bonchev–Trinajstić information content (AvgIpc) is 3.17. The molecule has 0 spiro atoms. The highest BCUT2D eigenvalue weighted by molar-refractivity contribution is 7.99. The summed E-state index contributed by atoms with van der Waals surface area (Å²) in [4.78, 5) is 30.5. The third-order valence-electron chi connectivity index (χ3n) is 4.10. The number of ether oxygens (including phenoxy) is 1. The van der Waals surface area contributed by atoms with Crippen LogP contribution in [-0.2, 0) is 16.1 Å². The maximum atomic E-state index is 12.6. The van der Waals surface area contributed by atoms with Crippen LogP contribution >= 0.6 is 11.8 Å². The first-order chi connectivity index (χ1) is 14.7. The molecule has 0 saturated carbocycles. The summed E-state index contributed by atoms with van der Waals surface area (Å²) in [6.07, 6.45) is 5.31. The topological polar surface area (TPSA) is 102 Å². The molecule has 2 heterocycles. The van der Waals surface area contributed by atoms with Gasteiger partial charge in [0.25, 0.3) is 0 Å². The van der Waals surface area contributed by atoms with Crippen LogP contribution in [0.15, 0.2) is 36.0 Å². The first-order valence-electron chi connectivity index (χ1n) is 10.3. The van der Waals surface area contributed by atoms with E-state index < -0.39 is 5.60 Å². The maximum Gasteiger partial charge on any atom is 0.410 e. The number of carbonyl (C=O) groups is 2. The van der Waals surface area contributed by atoms with E-state index >= 15 is 0 Å². The summed E-state index contributed by atoms with van der Waals surface area (Å²) in [7, 11) is 0. The van der Waals surface area contributed by atoms with Crippen LogP contribution in [-0.4, -0.2) is 61.1 Å². The third-order valence-corrected chi connectivity index (χ3v) is 5.06. The van der Waals surface area contributed by atoms with E-state index in [2.05, 4.69) is 20.5 Å². The normalized spacial score (nSPS) is 11.4. The molecule has 2 amide bonds. The fraction of sp³-hybridized carbons (Fsp3) is 0.571. The lowest BCUT2D eigenvalue weighted by Crippen LogP contribution is -2.38. The van der Waals surface area contributed by atoms with Crippen molar-refractivity contribution in [1.82, 2.24) is 30.0 Å². The Morgan fingerprint density at radius 2 is 2.10 bits per heavy atom. The van der Waals surface area contributed by atoms with Crippen molar-refractivity contribution in [3.63, 3.8) is 0 Å². The van der Waals surface area contributed by atoms with Crippen LogP contribution in [0, 0.1) is 0 Å². The largest absolute Gasteiger partial charge is 0.444 e. The minimum Gasteiger partial charge on any atom is -0.444 e. The van der Waals surface area contributed by atoms with Crippen LogP contribution in [0.4, 0.5) is 4.79 Å². The molecule has 0 aromatic carbocycles. The summed E-state index contributed by atoms with van der Waals surface area (Å²) in [5.41, 5.74) is 0.342. The highest BCUT2D eigenvalue weighted by Crippen LogP contribution is 2.18. The Morgan fingerprint density at radius 1 is 1.32 bits per heavy atom. The zero-order chi connectivity index (χ0) is 22.9. The molecule has 0 bridgehead atoms. The smallest absolute Gasteiger partial charge is 0.410 e. The lowest BCUT2D eigenvalue weighted by Gasteiger charge is -2.27. The van der Waals surface area contributed by atoms with Crippen LogP contribution in [0.3, 0.4) is 0 Å². The molecule has 0 atom stereocenters. The summed E-state index contributed by atoms with van der Waals surface area (Å²) in [6.45, 7) is 10.9. The minimum atomic E-state index is -0.577. The average molecular weight is 449 g/mol. The molecule has 0 unspecified atom stereocenters. The quantitative estimate of drug-likeness (QED) is 0.439. The summed E-state index contributed by atoms with van der Waals surface area (Å²) in [5.74, 6) is 0.177. The van der Waals surface area contributed by atoms with Gasteiger partial charge in [-0.05, 0) is 52.7 Å². The van der Waals surface area contributed by atoms with Crippen LogP contribution in [0.2, 0.25) is 0 Å². The second-order valence-corrected chi connectivity index (χ2v) is 9.31. The van der Waals surface area contributed by atoms with Gasteiger partial charge in [-0.1, -0.05) is 17.8 Å². The summed E-state index contributed by atoms with van der Waals surface area (Å²) in [5, 5.41) is 11.6. The van der Waals surface area contributed by atoms with E-state index in [0.29, 0.717) is 26.1 Å². The van der Waals surface area contributed by atoms with Crippen molar-refractivity contribution in [2.75, 3.05) is 18.8 Å². The maximum absolute atomic E-state index is 12.6. The van der Waals surface area contributed by atoms with Crippen molar-refractivity contribution in [3.8, 4) is 0 Å². The monoisotopic (exact) mass is 448 g/mol. The Hall–Kier alpha value is -2.62. The molecule has 1 N–H and O–H groups in total. The van der Waals surface area contributed by atoms with E-state index in [-0.39, 0.29) is 23.8 Å². The Morgan fingerprint density at radius 3 is 2.74 bits per heavy atom. The van der Waals surface area contributed by atoms with E-state index in [1.165, 1.54) is 11.8 Å². The number of nitrogens with zero attached hydrogens (tertiary/aromatic N) is 5. The molecule has 0 fully saturated rings. The lowest BCUT2D eigenvalue weighted by molar-refractivity contribution is -0.118. The zero-order valence-corrected chi connectivity index (χ0v) is 19.7. The van der Waals surface area contributed by atoms with Crippen LogP contribution in [0.25, 0.3) is 0 Å². The van der Waals surface area contributed by atoms with Gasteiger partial charge in [-0.2, -0.15) is 0 Å². The van der Waals surface area contributed by atoms with Crippen molar-refractivity contribution in [2.24, 2.45) is 0 Å². The second-order valence-electron chi connectivity index (χ2n) is 8.37. The van der Waals surface area contributed by atoms with Gasteiger partial charge in [0.05, 0.1) is 12.3 Å². The standard InChI is InChI=1S/C21H32N6O3S/c1-16(2)27-15-24-25-19(27)31-14-18(28)23-10-7-11-26(20(29)30-21(3,4)5)13-17-8-6-9-22-12-17/h6,8-9,12,15-16H,7,10-11,13-14H2,1-5H3,(H,23,28). The molecule has 9 nitrogen and oxygen atoms in total. The fourth-order valence-corrected chi connectivity index (χ4v) is 3.52. The van der Waals surface area contributed by atoms with Gasteiger partial charge >= 0.3 is 6.09 Å². The molecule has 0 saturated heterocycles. The van der Waals surface area contributed by atoms with Crippen LogP contribution in [0.5, 0.6) is 0 Å². The predicted octanol–water partition coefficient (Wildman–Crippen LogP) is 3.29. The van der Waals surface area contributed by atoms with Gasteiger partial charge in [0.1, 0.15) is 11.9 Å². The molecule has 0 aliphatic rings. The van der Waals surface area contributed by atoms with Crippen molar-refractivity contribution in [2.45, 2.75) is 64.4 Å². The molecule has 0 radical (unpaired) electrons. The van der Waals surface area contributed by atoms with Crippen molar-refractivity contribution >= 4 is 23.8 Å². The number of amides is 2. The van der Waals surface area contributed by atoms with Gasteiger partial charge in [-0.25, -0.2) is 4.79 Å². The number of pyridine rings is 1. The second kappa shape index (κ2) is 11.7. The van der Waals surface area contributed by atoms with E-state index in [0.717, 1.165) is 10.7 Å². The molecule has 2 aromatic rings. The number of nitrogens with one attached hydrogen (secondary N) is 1. The highest BCUT2D eigenvalue weighted by atomic mass is 32.2. The Labute approximate surface area is 188 Å². The van der Waals surface area contributed by atoms with Gasteiger partial charge < -0.3 is 19.5 Å². The number of hydrogen-bond acceptors (Lipinski definition) is 7. The SMILES string of the molecule is CC(C)n1cnnc1SCC(=O)NCCCN(Cc1cccnc1)C(=O)OC(C)(C)C. The highest BCUT2D eigenvalue weighted by Gasteiger charge is 2.22. The van der Waals surface area contributed by atoms with Crippen molar-refractivity contribution < 1.29 is 14.3 Å². The van der Waals surface area contributed by atoms with Gasteiger partial charge in [0, 0.05) is 31.5 Å². The first-order valence-corrected chi connectivity index (χ1v) is 11.3. The molecular formula is C21H32N6O3S. The third kappa shape index (κ3) is 8.95. The first kappa shape index (κ1) is 24.6. The molecular weight excluding hydrogens is 416 g/mol. The zero-order valence-electron chi connectivity index (χ0n) is 18.9. The number of thioether (sulfide) groups is 1. The van der Waals surface area contributed by atoms with E-state index in [1.807, 2.05) is 51.3 Å². The van der Waals surface area contributed by atoms with Gasteiger partial charge in [-0.15, -0.1) is 10.2 Å². The Kier molecular flexibility index (Phi) is 9.29. The number of rotatable bonds is 10. The molecule has 2 aromatic heterocycles. The lowest BCUT2D eigenvalue weighted by atomic mass is 10.2. The number of aromatic nitrogens is 4. The predicted molar refractivity (Wildman–Crippen MR) is 120 cm³/mol. The van der Waals surface area contributed by atoms with Gasteiger partial charge in [0.2, 0.25) is 5.91 Å². The molecule has 10 heteroatoms. The van der Waals surface area contributed by atoms with Crippen LogP contribution in [0.1, 0.15) is 52.6 Å². The molecule has 170 valence electrons. The van der Waals surface area contributed by atoms with Crippen molar-refractivity contribution in [1.29, 1.82) is 0 Å². The molecule has 0 aliphatic heterocycles. The molecule has 0 aliphatic carbocycles. The fourth-order valence-electron chi connectivity index (χ4n) is 2.64. The van der Waals surface area contributed by atoms with E-state index in [1.54, 1.807) is 23.6 Å². The van der Waals surface area contributed by atoms with Gasteiger partial charge in [0.15, 0.2) is 5.16 Å². The molecule has 2 rings (SSSR count). The number of carbonyl (C=O) groups excluding carboxylic acids is 2.